The maximum Gasteiger partial charge on any atom is 0.252 e. The summed E-state index contributed by atoms with van der Waals surface area (Å²) in [6, 6.07) is 12.2. The number of rotatable bonds is 6. The largest absolute Gasteiger partial charge is 0.504 e. The first kappa shape index (κ1) is 28.4. The Morgan fingerprint density at radius 2 is 1.92 bits per heavy atom. The molecule has 2 aliphatic rings. The van der Waals surface area contributed by atoms with Crippen molar-refractivity contribution in [3.8, 4) is 11.8 Å². The number of hydrogen-bond acceptors (Lipinski definition) is 7. The van der Waals surface area contributed by atoms with Gasteiger partial charge in [-0.1, -0.05) is 36.8 Å². The molecular weight excluding hydrogens is 464 g/mol. The van der Waals surface area contributed by atoms with Crippen LogP contribution in [0.5, 0.6) is 5.75 Å². The first-order valence-corrected chi connectivity index (χ1v) is 13.4. The topological polar surface area (TPSA) is 105 Å². The molecule has 0 bridgehead atoms. The number of carbonyl (C=O) groups excluding carboxylic acids is 1. The van der Waals surface area contributed by atoms with Crippen LogP contribution in [0.3, 0.4) is 0 Å². The van der Waals surface area contributed by atoms with Gasteiger partial charge in [0.1, 0.15) is 0 Å². The molecule has 1 aromatic heterocycles. The molecule has 4 rings (SSSR count). The molecular formula is C29H42N6O2. The summed E-state index contributed by atoms with van der Waals surface area (Å²) in [7, 11) is 0. The second kappa shape index (κ2) is 13.4. The van der Waals surface area contributed by atoms with Crippen molar-refractivity contribution in [1.29, 1.82) is 5.26 Å². The summed E-state index contributed by atoms with van der Waals surface area (Å²) in [5, 5.41) is 24.7. The van der Waals surface area contributed by atoms with Gasteiger partial charge in [-0.2, -0.15) is 5.26 Å². The van der Waals surface area contributed by atoms with Gasteiger partial charge in [0.2, 0.25) is 0 Å². The van der Waals surface area contributed by atoms with Crippen LogP contribution in [-0.4, -0.2) is 65.7 Å². The predicted octanol–water partition coefficient (Wildman–Crippen LogP) is 3.85. The highest BCUT2D eigenvalue weighted by Crippen LogP contribution is 2.37. The minimum Gasteiger partial charge on any atom is -0.504 e. The van der Waals surface area contributed by atoms with Gasteiger partial charge in [-0.25, -0.2) is 4.98 Å². The first-order chi connectivity index (χ1) is 17.9. The molecule has 1 unspecified atom stereocenters. The van der Waals surface area contributed by atoms with Crippen molar-refractivity contribution in [3.63, 3.8) is 0 Å². The Morgan fingerprint density at radius 1 is 1.24 bits per heavy atom. The molecule has 1 atom stereocenters. The fraction of sp³-hybridized carbons (Fsp3) is 0.552. The van der Waals surface area contributed by atoms with Crippen LogP contribution in [0, 0.1) is 24.2 Å². The summed E-state index contributed by atoms with van der Waals surface area (Å²) in [5.74, 6) is 0.891. The van der Waals surface area contributed by atoms with Crippen molar-refractivity contribution >= 4 is 11.7 Å². The number of aryl methyl sites for hydroxylation is 1. The van der Waals surface area contributed by atoms with E-state index in [4.69, 9.17) is 5.26 Å². The molecule has 2 saturated heterocycles. The number of carbonyl (C=O) groups is 1. The second-order valence-electron chi connectivity index (χ2n) is 10.0. The molecule has 1 aromatic carbocycles. The number of amides is 1. The summed E-state index contributed by atoms with van der Waals surface area (Å²) in [6.07, 6.45) is 4.89. The SMILES string of the molecule is CC#N.CCNC(=O)c1cnc(N2CCNC3(CCN(Cc4ccc(C)cc4)CC3)C(CC)C2)c(O)c1. The number of anilines is 1. The average molecular weight is 507 g/mol. The Bertz CT molecular complexity index is 1060. The van der Waals surface area contributed by atoms with Gasteiger partial charge in [-0.15, -0.1) is 0 Å². The Hall–Kier alpha value is -3.15. The van der Waals surface area contributed by atoms with Crippen molar-refractivity contribution in [1.82, 2.24) is 20.5 Å². The van der Waals surface area contributed by atoms with Gasteiger partial charge >= 0.3 is 0 Å². The average Bonchev–Trinajstić information content (AvgIpc) is 3.06. The van der Waals surface area contributed by atoms with Crippen molar-refractivity contribution in [2.24, 2.45) is 5.92 Å². The zero-order chi connectivity index (χ0) is 26.8. The van der Waals surface area contributed by atoms with E-state index in [2.05, 4.69) is 63.5 Å². The molecule has 1 amide bonds. The van der Waals surface area contributed by atoms with Crippen LogP contribution < -0.4 is 15.5 Å². The number of piperidine rings is 1. The molecule has 0 radical (unpaired) electrons. The smallest absolute Gasteiger partial charge is 0.252 e. The molecule has 8 nitrogen and oxygen atoms in total. The van der Waals surface area contributed by atoms with Gasteiger partial charge < -0.3 is 20.6 Å². The number of benzene rings is 1. The number of nitrogens with one attached hydrogen (secondary N) is 2. The van der Waals surface area contributed by atoms with E-state index in [1.165, 1.54) is 24.1 Å². The van der Waals surface area contributed by atoms with Crippen LogP contribution in [0.25, 0.3) is 0 Å². The minimum atomic E-state index is -0.211. The molecule has 37 heavy (non-hydrogen) atoms. The second-order valence-corrected chi connectivity index (χ2v) is 10.0. The Labute approximate surface area is 221 Å². The third-order valence-electron chi connectivity index (χ3n) is 7.60. The predicted molar refractivity (Wildman–Crippen MR) is 148 cm³/mol. The van der Waals surface area contributed by atoms with E-state index < -0.39 is 0 Å². The van der Waals surface area contributed by atoms with Crippen molar-refractivity contribution in [2.75, 3.05) is 44.2 Å². The van der Waals surface area contributed by atoms with Gasteiger partial charge in [-0.3, -0.25) is 9.69 Å². The lowest BCUT2D eigenvalue weighted by Crippen LogP contribution is -2.57. The maximum atomic E-state index is 12.1. The lowest BCUT2D eigenvalue weighted by molar-refractivity contribution is 0.0897. The Morgan fingerprint density at radius 3 is 2.51 bits per heavy atom. The summed E-state index contributed by atoms with van der Waals surface area (Å²) in [4.78, 5) is 21.4. The number of nitrogens with zero attached hydrogens (tertiary/aromatic N) is 4. The van der Waals surface area contributed by atoms with Crippen LogP contribution in [0.1, 0.15) is 61.5 Å². The zero-order valence-electron chi connectivity index (χ0n) is 22.8. The number of aromatic nitrogens is 1. The number of nitriles is 1. The molecule has 8 heteroatoms. The third-order valence-corrected chi connectivity index (χ3v) is 7.60. The van der Waals surface area contributed by atoms with Crippen LogP contribution in [0.2, 0.25) is 0 Å². The summed E-state index contributed by atoms with van der Waals surface area (Å²) < 4.78 is 0. The molecule has 2 fully saturated rings. The van der Waals surface area contributed by atoms with Crippen LogP contribution in [0.4, 0.5) is 5.82 Å². The number of hydrogen-bond donors (Lipinski definition) is 3. The van der Waals surface area contributed by atoms with Gasteiger partial charge in [-0.05, 0) is 50.7 Å². The zero-order valence-corrected chi connectivity index (χ0v) is 22.8. The molecule has 2 aliphatic heterocycles. The quantitative estimate of drug-likeness (QED) is 0.547. The molecule has 200 valence electrons. The normalized spacial score (nSPS) is 19.3. The van der Waals surface area contributed by atoms with Crippen molar-refractivity contribution in [3.05, 3.63) is 53.2 Å². The van der Waals surface area contributed by atoms with Crippen molar-refractivity contribution in [2.45, 2.75) is 59.0 Å². The lowest BCUT2D eigenvalue weighted by Gasteiger charge is -2.46. The Balaban J connectivity index is 0.00000121. The lowest BCUT2D eigenvalue weighted by atomic mass is 9.74. The highest BCUT2D eigenvalue weighted by atomic mass is 16.3. The molecule has 3 heterocycles. The van der Waals surface area contributed by atoms with E-state index in [0.717, 1.165) is 58.5 Å². The van der Waals surface area contributed by atoms with Gasteiger partial charge in [0, 0.05) is 64.5 Å². The third kappa shape index (κ3) is 7.21. The summed E-state index contributed by atoms with van der Waals surface area (Å²) in [6.45, 7) is 13.9. The van der Waals surface area contributed by atoms with E-state index in [-0.39, 0.29) is 17.2 Å². The Kier molecular flexibility index (Phi) is 10.3. The summed E-state index contributed by atoms with van der Waals surface area (Å²) in [5.41, 5.74) is 3.19. The molecule has 1 spiro atoms. The van der Waals surface area contributed by atoms with Gasteiger partial charge in [0.25, 0.3) is 5.91 Å². The van der Waals surface area contributed by atoms with Crippen LogP contribution in [0.15, 0.2) is 36.5 Å². The van der Waals surface area contributed by atoms with Crippen LogP contribution in [-0.2, 0) is 6.54 Å². The molecule has 0 aliphatic carbocycles. The van der Waals surface area contributed by atoms with Crippen LogP contribution >= 0.6 is 0 Å². The van der Waals surface area contributed by atoms with E-state index in [1.54, 1.807) is 12.3 Å². The number of pyridine rings is 1. The van der Waals surface area contributed by atoms with Gasteiger partial charge in [0.15, 0.2) is 11.6 Å². The monoisotopic (exact) mass is 506 g/mol. The van der Waals surface area contributed by atoms with E-state index in [1.807, 2.05) is 6.92 Å². The first-order valence-electron chi connectivity index (χ1n) is 13.4. The fourth-order valence-electron chi connectivity index (χ4n) is 5.55. The summed E-state index contributed by atoms with van der Waals surface area (Å²) >= 11 is 0. The molecule has 0 saturated carbocycles. The van der Waals surface area contributed by atoms with Crippen molar-refractivity contribution < 1.29 is 9.90 Å². The number of likely N-dealkylation sites (tertiary alicyclic amines) is 1. The van der Waals surface area contributed by atoms with E-state index in [0.29, 0.717) is 23.8 Å². The van der Waals surface area contributed by atoms with Gasteiger partial charge in [0.05, 0.1) is 11.6 Å². The number of aromatic hydroxyl groups is 1. The molecule has 3 N–H and O–H groups in total. The highest BCUT2D eigenvalue weighted by molar-refractivity contribution is 5.94. The van der Waals surface area contributed by atoms with E-state index >= 15 is 0 Å². The minimum absolute atomic E-state index is 0.0717. The maximum absolute atomic E-state index is 12.1. The fourth-order valence-corrected chi connectivity index (χ4v) is 5.55. The molecule has 2 aromatic rings. The van der Waals surface area contributed by atoms with E-state index in [9.17, 15) is 9.90 Å². The standard InChI is InChI=1S/C27H39N5O2.C2H3N/c1-4-23-19-32(25-24(33)16-22(17-29-25)26(34)28-5-2)15-12-30-27(23)10-13-31(14-11-27)18-21-8-6-20(3)7-9-21;1-2-3/h6-9,16-17,23,30,33H,4-5,10-15,18-19H2,1-3H3,(H,28,34);1H3. The highest BCUT2D eigenvalue weighted by Gasteiger charge is 2.42.